The van der Waals surface area contributed by atoms with Gasteiger partial charge in [0.05, 0.1) is 38.7 Å². The Morgan fingerprint density at radius 3 is 2.92 bits per heavy atom. The third-order valence-electron chi connectivity index (χ3n) is 6.07. The Hall–Kier alpha value is -3.73. The first-order valence-corrected chi connectivity index (χ1v) is 11.2. The molecule has 3 aromatic heterocycles. The molecule has 36 heavy (non-hydrogen) atoms. The Morgan fingerprint density at radius 2 is 2.14 bits per heavy atom. The minimum Gasteiger partial charge on any atom is -0.436 e. The molecule has 1 unspecified atom stereocenters. The number of aromatic amines is 1. The Morgan fingerprint density at radius 1 is 1.31 bits per heavy atom. The van der Waals surface area contributed by atoms with Crippen LogP contribution in [0.4, 0.5) is 15.8 Å². The minimum atomic E-state index is -2.69. The summed E-state index contributed by atoms with van der Waals surface area (Å²) < 4.78 is 46.7. The number of H-pyrrole nitrogens is 1. The first kappa shape index (κ1) is 20.5. The van der Waals surface area contributed by atoms with Gasteiger partial charge in [-0.3, -0.25) is 4.79 Å². The van der Waals surface area contributed by atoms with Gasteiger partial charge in [0, 0.05) is 30.6 Å². The summed E-state index contributed by atoms with van der Waals surface area (Å²) in [7, 11) is -2.69. The SMILES string of the molecule is [2H]C([2H])([2H])OC[C@]1(C)Nc2c(cnc3[nH]cc(C(O)c4ccc(Oc5nccc(C)c5F)cc4Cl)c23)NC1=O. The van der Waals surface area contributed by atoms with Crippen molar-refractivity contribution in [1.82, 2.24) is 15.0 Å². The van der Waals surface area contributed by atoms with Gasteiger partial charge in [0.2, 0.25) is 0 Å². The van der Waals surface area contributed by atoms with E-state index in [-0.39, 0.29) is 16.7 Å². The number of aliphatic hydroxyl groups excluding tert-OH is 1. The van der Waals surface area contributed by atoms with Crippen LogP contribution in [-0.2, 0) is 9.53 Å². The lowest BCUT2D eigenvalue weighted by molar-refractivity contribution is -0.121. The van der Waals surface area contributed by atoms with Crippen LogP contribution < -0.4 is 15.4 Å². The molecule has 0 radical (unpaired) electrons. The summed E-state index contributed by atoms with van der Waals surface area (Å²) in [6.07, 6.45) is 3.18. The molecule has 0 saturated carbocycles. The molecule has 186 valence electrons. The summed E-state index contributed by atoms with van der Waals surface area (Å²) in [6.45, 7) is 2.66. The number of rotatable bonds is 6. The number of anilines is 2. The van der Waals surface area contributed by atoms with Crippen molar-refractivity contribution in [2.75, 3.05) is 24.3 Å². The van der Waals surface area contributed by atoms with E-state index < -0.39 is 37.0 Å². The van der Waals surface area contributed by atoms with E-state index >= 15 is 0 Å². The summed E-state index contributed by atoms with van der Waals surface area (Å²) in [4.78, 5) is 24.0. The Bertz CT molecular complexity index is 1600. The van der Waals surface area contributed by atoms with Crippen molar-refractivity contribution in [2.45, 2.75) is 25.5 Å². The summed E-state index contributed by atoms with van der Waals surface area (Å²) >= 11 is 6.50. The van der Waals surface area contributed by atoms with Gasteiger partial charge in [0.1, 0.15) is 23.0 Å². The maximum Gasteiger partial charge on any atom is 0.256 e. The van der Waals surface area contributed by atoms with E-state index in [1.807, 2.05) is 0 Å². The smallest absolute Gasteiger partial charge is 0.256 e. The molecule has 1 aromatic carbocycles. The standard InChI is InChI=1S/C25H23ClFN5O4/c1-12-6-7-28-23(19(12)27)36-13-4-5-14(16(26)8-13)21(33)15-9-29-22-18(15)20-17(10-30-22)31-24(34)25(2,32-20)11-35-3/h4-10,21,32-33H,11H2,1-3H3,(H,29,30)(H,31,34)/t21?,25-/m0/s1/i3D3. The topological polar surface area (TPSA) is 121 Å². The van der Waals surface area contributed by atoms with Crippen LogP contribution in [0.2, 0.25) is 5.02 Å². The number of aliphatic hydroxyl groups is 1. The van der Waals surface area contributed by atoms with E-state index in [0.717, 1.165) is 0 Å². The number of carbonyl (C=O) groups excluding carboxylic acids is 1. The van der Waals surface area contributed by atoms with Gasteiger partial charge in [-0.1, -0.05) is 17.7 Å². The molecule has 4 aromatic rings. The minimum absolute atomic E-state index is 0.150. The number of benzene rings is 1. The van der Waals surface area contributed by atoms with Gasteiger partial charge in [0.25, 0.3) is 11.8 Å². The maximum absolute atomic E-state index is 14.3. The van der Waals surface area contributed by atoms with Gasteiger partial charge >= 0.3 is 0 Å². The fraction of sp³-hybridized carbons (Fsp3) is 0.240. The highest BCUT2D eigenvalue weighted by molar-refractivity contribution is 6.31. The number of amides is 1. The molecule has 4 heterocycles. The normalized spacial score (nSPS) is 19.5. The van der Waals surface area contributed by atoms with Crippen molar-refractivity contribution >= 4 is 39.9 Å². The molecule has 9 nitrogen and oxygen atoms in total. The first-order valence-electron chi connectivity index (χ1n) is 12.4. The highest BCUT2D eigenvalue weighted by Gasteiger charge is 2.39. The third kappa shape index (κ3) is 4.02. The molecule has 1 aliphatic rings. The third-order valence-corrected chi connectivity index (χ3v) is 6.40. The lowest BCUT2D eigenvalue weighted by atomic mass is 9.95. The number of nitrogens with zero attached hydrogens (tertiary/aromatic N) is 2. The van der Waals surface area contributed by atoms with Crippen molar-refractivity contribution in [1.29, 1.82) is 0 Å². The molecule has 0 saturated heterocycles. The molecule has 0 bridgehead atoms. The fourth-order valence-electron chi connectivity index (χ4n) is 4.06. The van der Waals surface area contributed by atoms with Crippen molar-refractivity contribution < 1.29 is 27.9 Å². The average molecular weight is 515 g/mol. The van der Waals surface area contributed by atoms with Crippen LogP contribution in [-0.4, -0.2) is 45.1 Å². The molecule has 1 aliphatic heterocycles. The molecule has 11 heteroatoms. The molecule has 0 fully saturated rings. The Labute approximate surface area is 214 Å². The zero-order valence-electron chi connectivity index (χ0n) is 22.1. The van der Waals surface area contributed by atoms with E-state index in [1.165, 1.54) is 37.5 Å². The van der Waals surface area contributed by atoms with Gasteiger partial charge < -0.3 is 30.2 Å². The molecule has 2 atom stereocenters. The number of hydrogen-bond donors (Lipinski definition) is 4. The van der Waals surface area contributed by atoms with Gasteiger partial charge in [-0.05, 0) is 37.6 Å². The molecule has 1 amide bonds. The van der Waals surface area contributed by atoms with Crippen LogP contribution in [0.5, 0.6) is 11.6 Å². The molecule has 4 N–H and O–H groups in total. The molecule has 0 aliphatic carbocycles. The van der Waals surface area contributed by atoms with Crippen molar-refractivity contribution in [3.05, 3.63) is 70.4 Å². The van der Waals surface area contributed by atoms with Crippen molar-refractivity contribution in [3.63, 3.8) is 0 Å². The van der Waals surface area contributed by atoms with Gasteiger partial charge in [-0.2, -0.15) is 0 Å². The quantitative estimate of drug-likeness (QED) is 0.294. The average Bonchev–Trinajstić information content (AvgIpc) is 3.31. The number of carbonyl (C=O) groups is 1. The van der Waals surface area contributed by atoms with E-state index in [9.17, 15) is 14.3 Å². The highest BCUT2D eigenvalue weighted by atomic mass is 35.5. The second-order valence-electron chi connectivity index (χ2n) is 8.65. The number of fused-ring (bicyclic) bond motifs is 3. The predicted molar refractivity (Wildman–Crippen MR) is 133 cm³/mol. The summed E-state index contributed by atoms with van der Waals surface area (Å²) in [5.41, 5.74) is 0.832. The lowest BCUT2D eigenvalue weighted by Crippen LogP contribution is -2.53. The zero-order valence-corrected chi connectivity index (χ0v) is 19.9. The van der Waals surface area contributed by atoms with E-state index in [0.29, 0.717) is 39.1 Å². The number of halogens is 2. The Balaban J connectivity index is 1.48. The summed E-state index contributed by atoms with van der Waals surface area (Å²) in [6, 6.07) is 6.03. The highest BCUT2D eigenvalue weighted by Crippen LogP contribution is 2.42. The van der Waals surface area contributed by atoms with Crippen LogP contribution in [0.1, 0.15) is 33.8 Å². The van der Waals surface area contributed by atoms with Crippen LogP contribution in [0, 0.1) is 12.7 Å². The number of hydrogen-bond acceptors (Lipinski definition) is 7. The molecular weight excluding hydrogens is 489 g/mol. The second kappa shape index (κ2) is 9.05. The maximum atomic E-state index is 14.3. The number of aromatic nitrogens is 3. The lowest BCUT2D eigenvalue weighted by Gasteiger charge is -2.35. The number of aryl methyl sites for hydroxylation is 1. The van der Waals surface area contributed by atoms with Gasteiger partial charge in [0.15, 0.2) is 5.82 Å². The van der Waals surface area contributed by atoms with Crippen molar-refractivity contribution in [3.8, 4) is 11.6 Å². The number of ether oxygens (including phenoxy) is 2. The number of pyridine rings is 2. The molecule has 5 rings (SSSR count). The number of nitrogens with one attached hydrogen (secondary N) is 3. The predicted octanol–water partition coefficient (Wildman–Crippen LogP) is 4.70. The van der Waals surface area contributed by atoms with E-state index in [2.05, 4.69) is 25.6 Å². The molecule has 0 spiro atoms. The van der Waals surface area contributed by atoms with Crippen LogP contribution in [0.3, 0.4) is 0 Å². The zero-order chi connectivity index (χ0) is 28.1. The van der Waals surface area contributed by atoms with Crippen LogP contribution in [0.25, 0.3) is 11.0 Å². The summed E-state index contributed by atoms with van der Waals surface area (Å²) in [5, 5.41) is 17.8. The van der Waals surface area contributed by atoms with Crippen LogP contribution >= 0.6 is 11.6 Å². The van der Waals surface area contributed by atoms with E-state index in [1.54, 1.807) is 19.2 Å². The largest absolute Gasteiger partial charge is 0.436 e. The fourth-order valence-corrected chi connectivity index (χ4v) is 4.33. The Kier molecular flexibility index (Phi) is 5.14. The van der Waals surface area contributed by atoms with Crippen LogP contribution in [0.15, 0.2) is 42.9 Å². The van der Waals surface area contributed by atoms with Gasteiger partial charge in [-0.25, -0.2) is 14.4 Å². The second-order valence-corrected chi connectivity index (χ2v) is 9.06. The van der Waals surface area contributed by atoms with E-state index in [4.69, 9.17) is 25.2 Å². The van der Waals surface area contributed by atoms with Crippen molar-refractivity contribution in [2.24, 2.45) is 0 Å². The van der Waals surface area contributed by atoms with Gasteiger partial charge in [-0.15, -0.1) is 0 Å². The number of methoxy groups -OCH3 is 1. The first-order chi connectivity index (χ1) is 18.4. The monoisotopic (exact) mass is 514 g/mol. The summed E-state index contributed by atoms with van der Waals surface area (Å²) in [5.74, 6) is -1.08. The molecular formula is C25H23ClFN5O4.